The second-order valence-electron chi connectivity index (χ2n) is 7.81. The van der Waals surface area contributed by atoms with E-state index in [0.29, 0.717) is 11.6 Å². The van der Waals surface area contributed by atoms with Gasteiger partial charge in [-0.2, -0.15) is 0 Å². The van der Waals surface area contributed by atoms with Gasteiger partial charge in [0.25, 0.3) is 0 Å². The third-order valence-corrected chi connectivity index (χ3v) is 5.73. The van der Waals surface area contributed by atoms with E-state index in [4.69, 9.17) is 14.2 Å². The van der Waals surface area contributed by atoms with Crippen molar-refractivity contribution in [3.8, 4) is 11.5 Å². The minimum Gasteiger partial charge on any atom is -0.493 e. The summed E-state index contributed by atoms with van der Waals surface area (Å²) in [5.74, 6) is 2.88. The van der Waals surface area contributed by atoms with Gasteiger partial charge in [-0.15, -0.1) is 0 Å². The number of benzene rings is 2. The van der Waals surface area contributed by atoms with Crippen LogP contribution in [0.2, 0.25) is 0 Å². The van der Waals surface area contributed by atoms with Gasteiger partial charge in [0.05, 0.1) is 19.8 Å². The maximum absolute atomic E-state index is 12.2. The van der Waals surface area contributed by atoms with E-state index in [1.165, 1.54) is 6.42 Å². The first-order valence-electron chi connectivity index (χ1n) is 10.4. The van der Waals surface area contributed by atoms with Crippen LogP contribution in [0, 0.1) is 12.8 Å². The molecule has 2 atom stereocenters. The lowest BCUT2D eigenvalue weighted by Gasteiger charge is -2.27. The van der Waals surface area contributed by atoms with Gasteiger partial charge in [0.15, 0.2) is 11.5 Å². The molecule has 0 N–H and O–H groups in total. The summed E-state index contributed by atoms with van der Waals surface area (Å²) in [6, 6.07) is 15.5. The fourth-order valence-electron chi connectivity index (χ4n) is 4.05. The van der Waals surface area contributed by atoms with Crippen LogP contribution in [0.1, 0.15) is 35.2 Å². The van der Waals surface area contributed by atoms with Gasteiger partial charge in [-0.05, 0) is 69.6 Å². The minimum absolute atomic E-state index is 0.237. The lowest BCUT2D eigenvalue weighted by Crippen LogP contribution is -2.30. The molecule has 160 valence electrons. The summed E-state index contributed by atoms with van der Waals surface area (Å²) in [6.45, 7) is 3.12. The Labute approximate surface area is 179 Å². The highest BCUT2D eigenvalue weighted by Crippen LogP contribution is 2.34. The van der Waals surface area contributed by atoms with Crippen LogP contribution in [-0.2, 0) is 4.74 Å². The SMILES string of the molecule is COc1ccccc1OC.Cc1cccc(C(=O)OC2=CC3[C@@H](CC2)CCN3C)c1. The van der Waals surface area contributed by atoms with Crippen LogP contribution in [0.3, 0.4) is 0 Å². The van der Waals surface area contributed by atoms with E-state index in [2.05, 4.69) is 18.0 Å². The fraction of sp³-hybridized carbons (Fsp3) is 0.400. The molecule has 0 amide bonds. The minimum atomic E-state index is -0.237. The van der Waals surface area contributed by atoms with Crippen molar-refractivity contribution in [1.29, 1.82) is 0 Å². The fourth-order valence-corrected chi connectivity index (χ4v) is 4.05. The Bertz CT molecular complexity index is 869. The number of nitrogens with zero attached hydrogens (tertiary/aromatic N) is 1. The average Bonchev–Trinajstić information content (AvgIpc) is 3.14. The number of carbonyl (C=O) groups excluding carboxylic acids is 1. The molecule has 4 rings (SSSR count). The quantitative estimate of drug-likeness (QED) is 0.676. The Morgan fingerprint density at radius 3 is 2.33 bits per heavy atom. The van der Waals surface area contributed by atoms with Crippen LogP contribution < -0.4 is 9.47 Å². The first-order chi connectivity index (χ1) is 14.5. The van der Waals surface area contributed by atoms with Crippen molar-refractivity contribution in [3.63, 3.8) is 0 Å². The van der Waals surface area contributed by atoms with Gasteiger partial charge in [-0.3, -0.25) is 4.90 Å². The standard InChI is InChI=1S/C17H21NO2.C8H10O2/c1-12-4-3-5-14(10-12)17(19)20-15-7-6-13-8-9-18(2)16(13)11-15;1-9-7-5-3-4-6-8(7)10-2/h3-5,10-11,13,16H,6-9H2,1-2H3;3-6H,1-2H3/t13-,16?;/m0./s1. The Balaban J connectivity index is 0.000000216. The summed E-state index contributed by atoms with van der Waals surface area (Å²) in [7, 11) is 5.39. The van der Waals surface area contributed by atoms with Crippen molar-refractivity contribution in [2.24, 2.45) is 5.92 Å². The summed E-state index contributed by atoms with van der Waals surface area (Å²) < 4.78 is 15.6. The molecule has 1 unspecified atom stereocenters. The van der Waals surface area contributed by atoms with Crippen molar-refractivity contribution in [2.75, 3.05) is 27.8 Å². The Hall–Kier alpha value is -2.79. The topological polar surface area (TPSA) is 48.0 Å². The number of hydrogen-bond donors (Lipinski definition) is 0. The number of hydrogen-bond acceptors (Lipinski definition) is 5. The second-order valence-corrected chi connectivity index (χ2v) is 7.81. The molecular weight excluding hydrogens is 378 g/mol. The smallest absolute Gasteiger partial charge is 0.343 e. The molecule has 1 fully saturated rings. The molecule has 0 bridgehead atoms. The molecule has 0 spiro atoms. The van der Waals surface area contributed by atoms with E-state index < -0.39 is 0 Å². The number of fused-ring (bicyclic) bond motifs is 1. The number of esters is 1. The molecule has 2 aromatic rings. The number of ether oxygens (including phenoxy) is 3. The first kappa shape index (κ1) is 21.9. The predicted molar refractivity (Wildman–Crippen MR) is 118 cm³/mol. The lowest BCUT2D eigenvalue weighted by molar-refractivity contribution is 0.0598. The average molecular weight is 410 g/mol. The highest BCUT2D eigenvalue weighted by Gasteiger charge is 2.34. The van der Waals surface area contributed by atoms with Gasteiger partial charge in [0.2, 0.25) is 0 Å². The van der Waals surface area contributed by atoms with Crippen molar-refractivity contribution in [3.05, 3.63) is 71.5 Å². The molecule has 1 heterocycles. The van der Waals surface area contributed by atoms with Crippen LogP contribution in [0.5, 0.6) is 11.5 Å². The van der Waals surface area contributed by atoms with Crippen LogP contribution in [-0.4, -0.2) is 44.7 Å². The number of allylic oxidation sites excluding steroid dienone is 1. The number of aryl methyl sites for hydroxylation is 1. The second kappa shape index (κ2) is 10.3. The zero-order valence-electron chi connectivity index (χ0n) is 18.3. The number of likely N-dealkylation sites (N-methyl/N-ethyl adjacent to an activating group) is 1. The molecule has 30 heavy (non-hydrogen) atoms. The van der Waals surface area contributed by atoms with Gasteiger partial charge in [0.1, 0.15) is 5.76 Å². The lowest BCUT2D eigenvalue weighted by atomic mass is 9.89. The zero-order valence-corrected chi connectivity index (χ0v) is 18.3. The number of rotatable bonds is 4. The Morgan fingerprint density at radius 1 is 1.00 bits per heavy atom. The van der Waals surface area contributed by atoms with E-state index in [1.807, 2.05) is 55.5 Å². The maximum atomic E-state index is 12.2. The van der Waals surface area contributed by atoms with Crippen molar-refractivity contribution in [2.45, 2.75) is 32.2 Å². The van der Waals surface area contributed by atoms with Gasteiger partial charge in [-0.25, -0.2) is 4.79 Å². The van der Waals surface area contributed by atoms with Crippen LogP contribution in [0.25, 0.3) is 0 Å². The molecule has 1 aliphatic heterocycles. The normalized spacial score (nSPS) is 20.3. The molecule has 2 aliphatic rings. The summed E-state index contributed by atoms with van der Waals surface area (Å²) in [5.41, 5.74) is 1.71. The molecule has 0 aromatic heterocycles. The number of methoxy groups -OCH3 is 2. The molecule has 1 saturated heterocycles. The Morgan fingerprint density at radius 2 is 1.70 bits per heavy atom. The molecule has 0 saturated carbocycles. The van der Waals surface area contributed by atoms with Crippen molar-refractivity contribution in [1.82, 2.24) is 4.90 Å². The largest absolute Gasteiger partial charge is 0.493 e. The molecular formula is C25H31NO4. The van der Waals surface area contributed by atoms with E-state index in [9.17, 15) is 4.79 Å². The molecule has 1 aliphatic carbocycles. The highest BCUT2D eigenvalue weighted by molar-refractivity contribution is 5.90. The van der Waals surface area contributed by atoms with Gasteiger partial charge in [0, 0.05) is 12.5 Å². The molecule has 5 nitrogen and oxygen atoms in total. The van der Waals surface area contributed by atoms with E-state index >= 15 is 0 Å². The number of likely N-dealkylation sites (tertiary alicyclic amines) is 1. The molecule has 5 heteroatoms. The maximum Gasteiger partial charge on any atom is 0.343 e. The Kier molecular flexibility index (Phi) is 7.52. The van der Waals surface area contributed by atoms with Crippen LogP contribution in [0.15, 0.2) is 60.4 Å². The van der Waals surface area contributed by atoms with Gasteiger partial charge in [-0.1, -0.05) is 29.8 Å². The van der Waals surface area contributed by atoms with E-state index in [0.717, 1.165) is 48.1 Å². The summed E-state index contributed by atoms with van der Waals surface area (Å²) in [6.07, 6.45) is 5.42. The van der Waals surface area contributed by atoms with Crippen LogP contribution >= 0.6 is 0 Å². The molecule has 0 radical (unpaired) electrons. The van der Waals surface area contributed by atoms with Gasteiger partial charge >= 0.3 is 5.97 Å². The zero-order chi connectivity index (χ0) is 21.5. The van der Waals surface area contributed by atoms with E-state index in [1.54, 1.807) is 14.2 Å². The third-order valence-electron chi connectivity index (χ3n) is 5.73. The predicted octanol–water partition coefficient (Wildman–Crippen LogP) is 4.85. The first-order valence-corrected chi connectivity index (χ1v) is 10.4. The van der Waals surface area contributed by atoms with Gasteiger partial charge < -0.3 is 14.2 Å². The third kappa shape index (κ3) is 5.42. The van der Waals surface area contributed by atoms with Crippen LogP contribution in [0.4, 0.5) is 0 Å². The number of carbonyl (C=O) groups is 1. The summed E-state index contributed by atoms with van der Waals surface area (Å²) >= 11 is 0. The van der Waals surface area contributed by atoms with E-state index in [-0.39, 0.29) is 5.97 Å². The highest BCUT2D eigenvalue weighted by atomic mass is 16.5. The summed E-state index contributed by atoms with van der Waals surface area (Å²) in [4.78, 5) is 14.5. The monoisotopic (exact) mass is 409 g/mol. The number of para-hydroxylation sites is 2. The summed E-state index contributed by atoms with van der Waals surface area (Å²) in [5, 5.41) is 0. The van der Waals surface area contributed by atoms with Crippen molar-refractivity contribution >= 4 is 5.97 Å². The van der Waals surface area contributed by atoms with Crippen molar-refractivity contribution < 1.29 is 19.0 Å². The molecule has 2 aromatic carbocycles.